The Balaban J connectivity index is 1.61. The molecule has 0 spiro atoms. The maximum atomic E-state index is 4.26. The second kappa shape index (κ2) is 9.90. The number of benzene rings is 1. The number of guanidine groups is 1. The van der Waals surface area contributed by atoms with Gasteiger partial charge in [0.05, 0.1) is 6.54 Å². The van der Waals surface area contributed by atoms with Crippen LogP contribution in [0.25, 0.3) is 0 Å². The fraction of sp³-hybridized carbons (Fsp3) is 0.389. The number of para-hydroxylation sites is 1. The van der Waals surface area contributed by atoms with Gasteiger partial charge in [0.2, 0.25) is 0 Å². The highest BCUT2D eigenvalue weighted by Crippen LogP contribution is 2.16. The molecule has 0 saturated carbocycles. The fourth-order valence-corrected chi connectivity index (χ4v) is 3.08. The largest absolute Gasteiger partial charge is 0.385 e. The van der Waals surface area contributed by atoms with Gasteiger partial charge in [0.25, 0.3) is 0 Å². The van der Waals surface area contributed by atoms with Crippen LogP contribution in [0.2, 0.25) is 0 Å². The summed E-state index contributed by atoms with van der Waals surface area (Å²) in [6.07, 6.45) is 2.14. The zero-order valence-electron chi connectivity index (χ0n) is 13.9. The van der Waals surface area contributed by atoms with Crippen LogP contribution in [0.15, 0.2) is 47.5 Å². The molecule has 0 saturated heterocycles. The van der Waals surface area contributed by atoms with Gasteiger partial charge in [-0.3, -0.25) is 4.99 Å². The van der Waals surface area contributed by atoms with Crippen molar-refractivity contribution in [2.24, 2.45) is 4.99 Å². The predicted molar refractivity (Wildman–Crippen MR) is 101 cm³/mol. The van der Waals surface area contributed by atoms with E-state index in [1.54, 1.807) is 0 Å². The Bertz CT molecular complexity index is 592. The summed E-state index contributed by atoms with van der Waals surface area (Å²) < 4.78 is 0. The van der Waals surface area contributed by atoms with E-state index in [9.17, 15) is 0 Å². The van der Waals surface area contributed by atoms with Crippen LogP contribution < -0.4 is 16.0 Å². The molecule has 124 valence electrons. The highest BCUT2D eigenvalue weighted by Gasteiger charge is 2.01. The van der Waals surface area contributed by atoms with Crippen molar-refractivity contribution < 1.29 is 0 Å². The Morgan fingerprint density at radius 3 is 2.48 bits per heavy atom. The number of nitrogens with zero attached hydrogens (tertiary/aromatic N) is 1. The summed E-state index contributed by atoms with van der Waals surface area (Å²) in [6.45, 7) is 4.85. The fourth-order valence-electron chi connectivity index (χ4n) is 2.18. The molecular formula is C18H26N4S. The number of rotatable bonds is 8. The van der Waals surface area contributed by atoms with Crippen molar-refractivity contribution in [1.29, 1.82) is 0 Å². The molecule has 0 atom stereocenters. The third kappa shape index (κ3) is 6.32. The highest BCUT2D eigenvalue weighted by molar-refractivity contribution is 7.11. The average Bonchev–Trinajstić information content (AvgIpc) is 3.06. The molecule has 1 aromatic carbocycles. The van der Waals surface area contributed by atoms with Crippen LogP contribution in [-0.4, -0.2) is 26.1 Å². The lowest BCUT2D eigenvalue weighted by Crippen LogP contribution is -2.37. The van der Waals surface area contributed by atoms with E-state index in [4.69, 9.17) is 0 Å². The Morgan fingerprint density at radius 1 is 1.00 bits per heavy atom. The molecule has 0 aliphatic carbocycles. The number of aliphatic imine (C=N–C) groups is 1. The Labute approximate surface area is 143 Å². The van der Waals surface area contributed by atoms with Crippen molar-refractivity contribution in [1.82, 2.24) is 10.6 Å². The molecular weight excluding hydrogens is 304 g/mol. The Morgan fingerprint density at radius 2 is 1.78 bits per heavy atom. The van der Waals surface area contributed by atoms with E-state index in [0.29, 0.717) is 0 Å². The molecule has 0 aliphatic rings. The summed E-state index contributed by atoms with van der Waals surface area (Å²) in [6, 6.07) is 14.7. The first-order valence-electron chi connectivity index (χ1n) is 8.13. The number of anilines is 1. The predicted octanol–water partition coefficient (Wildman–Crippen LogP) is 3.48. The lowest BCUT2D eigenvalue weighted by molar-refractivity contribution is 0.765. The molecule has 0 fully saturated rings. The summed E-state index contributed by atoms with van der Waals surface area (Å²) >= 11 is 1.86. The summed E-state index contributed by atoms with van der Waals surface area (Å²) in [7, 11) is 1.81. The van der Waals surface area contributed by atoms with Crippen molar-refractivity contribution in [3.63, 3.8) is 0 Å². The van der Waals surface area contributed by atoms with E-state index in [-0.39, 0.29) is 0 Å². The van der Waals surface area contributed by atoms with E-state index in [1.165, 1.54) is 15.4 Å². The molecule has 0 amide bonds. The van der Waals surface area contributed by atoms with Gasteiger partial charge in [-0.05, 0) is 37.1 Å². The van der Waals surface area contributed by atoms with E-state index in [2.05, 4.69) is 52.1 Å². The lowest BCUT2D eigenvalue weighted by atomic mass is 10.3. The van der Waals surface area contributed by atoms with E-state index in [1.807, 2.05) is 36.6 Å². The zero-order valence-corrected chi connectivity index (χ0v) is 14.7. The maximum absolute atomic E-state index is 4.26. The molecule has 4 nitrogen and oxygen atoms in total. The van der Waals surface area contributed by atoms with Crippen LogP contribution in [0.5, 0.6) is 0 Å². The van der Waals surface area contributed by atoms with Gasteiger partial charge in [0, 0.05) is 35.6 Å². The zero-order chi connectivity index (χ0) is 16.3. The number of aryl methyl sites for hydroxylation is 1. The van der Waals surface area contributed by atoms with Crippen LogP contribution >= 0.6 is 11.3 Å². The third-order valence-corrected chi connectivity index (χ3v) is 4.70. The number of thiophene rings is 1. The minimum Gasteiger partial charge on any atom is -0.385 e. The van der Waals surface area contributed by atoms with Gasteiger partial charge in [-0.1, -0.05) is 25.1 Å². The van der Waals surface area contributed by atoms with Crippen LogP contribution in [0.1, 0.15) is 23.1 Å². The van der Waals surface area contributed by atoms with Gasteiger partial charge in [-0.2, -0.15) is 0 Å². The van der Waals surface area contributed by atoms with Gasteiger partial charge < -0.3 is 16.0 Å². The van der Waals surface area contributed by atoms with Gasteiger partial charge in [-0.25, -0.2) is 0 Å². The molecule has 2 aromatic rings. The number of hydrogen-bond donors (Lipinski definition) is 3. The number of hydrogen-bond acceptors (Lipinski definition) is 3. The molecule has 3 N–H and O–H groups in total. The third-order valence-electron chi connectivity index (χ3n) is 3.47. The molecule has 1 aromatic heterocycles. The second-order valence-electron chi connectivity index (χ2n) is 5.22. The van der Waals surface area contributed by atoms with E-state index >= 15 is 0 Å². The van der Waals surface area contributed by atoms with Gasteiger partial charge in [0.15, 0.2) is 5.96 Å². The highest BCUT2D eigenvalue weighted by atomic mass is 32.1. The molecule has 1 heterocycles. The van der Waals surface area contributed by atoms with Crippen molar-refractivity contribution in [3.05, 3.63) is 52.2 Å². The van der Waals surface area contributed by atoms with E-state index < -0.39 is 0 Å². The number of nitrogens with one attached hydrogen (secondary N) is 3. The average molecular weight is 331 g/mol. The van der Waals surface area contributed by atoms with Crippen LogP contribution in [0, 0.1) is 0 Å². The SMILES string of the molecule is CCc1ccc(CNC(=NC)NCCCNc2ccccc2)s1. The molecule has 0 radical (unpaired) electrons. The lowest BCUT2D eigenvalue weighted by Gasteiger charge is -2.11. The molecule has 5 heteroatoms. The second-order valence-corrected chi connectivity index (χ2v) is 6.47. The Kier molecular flexibility index (Phi) is 7.46. The summed E-state index contributed by atoms with van der Waals surface area (Å²) in [4.78, 5) is 7.04. The summed E-state index contributed by atoms with van der Waals surface area (Å²) in [5.74, 6) is 0.858. The van der Waals surface area contributed by atoms with Gasteiger partial charge in [0.1, 0.15) is 0 Å². The minimum absolute atomic E-state index is 0.826. The van der Waals surface area contributed by atoms with Crippen molar-refractivity contribution in [3.8, 4) is 0 Å². The first kappa shape index (κ1) is 17.3. The maximum Gasteiger partial charge on any atom is 0.191 e. The smallest absolute Gasteiger partial charge is 0.191 e. The summed E-state index contributed by atoms with van der Waals surface area (Å²) in [5.41, 5.74) is 1.17. The topological polar surface area (TPSA) is 48.5 Å². The monoisotopic (exact) mass is 330 g/mol. The standard InChI is InChI=1S/C18H26N4S/c1-3-16-10-11-17(23-16)14-22-18(19-2)21-13-7-12-20-15-8-5-4-6-9-15/h4-6,8-11,20H,3,7,12-14H2,1-2H3,(H2,19,21,22). The first-order valence-corrected chi connectivity index (χ1v) is 8.94. The molecule has 0 bridgehead atoms. The van der Waals surface area contributed by atoms with Crippen molar-refractivity contribution >= 4 is 23.0 Å². The van der Waals surface area contributed by atoms with Crippen molar-refractivity contribution in [2.45, 2.75) is 26.3 Å². The quantitative estimate of drug-likeness (QED) is 0.394. The normalized spacial score (nSPS) is 11.3. The molecule has 2 rings (SSSR count). The van der Waals surface area contributed by atoms with Crippen LogP contribution in [-0.2, 0) is 13.0 Å². The molecule has 0 unspecified atom stereocenters. The first-order chi connectivity index (χ1) is 11.3. The van der Waals surface area contributed by atoms with Gasteiger partial charge >= 0.3 is 0 Å². The summed E-state index contributed by atoms with van der Waals surface area (Å²) in [5, 5.41) is 10.1. The van der Waals surface area contributed by atoms with E-state index in [0.717, 1.165) is 38.4 Å². The Hall–Kier alpha value is -2.01. The molecule has 0 aliphatic heterocycles. The van der Waals surface area contributed by atoms with Crippen LogP contribution in [0.4, 0.5) is 5.69 Å². The molecule has 23 heavy (non-hydrogen) atoms. The van der Waals surface area contributed by atoms with Crippen molar-refractivity contribution in [2.75, 3.05) is 25.5 Å². The minimum atomic E-state index is 0.826. The van der Waals surface area contributed by atoms with Crippen LogP contribution in [0.3, 0.4) is 0 Å². The van der Waals surface area contributed by atoms with Gasteiger partial charge in [-0.15, -0.1) is 11.3 Å².